The molecule has 88 valence electrons. The Balaban J connectivity index is 3.11. The molecule has 0 radical (unpaired) electrons. The maximum Gasteiger partial charge on any atom is 0.411 e. The SMILES string of the molecule is CC(=O)C(C(=O)O)(C(=O)OC(=O)Cl)C1CC1. The van der Waals surface area contributed by atoms with Crippen molar-refractivity contribution in [1.29, 1.82) is 0 Å². The minimum Gasteiger partial charge on any atom is -0.480 e. The van der Waals surface area contributed by atoms with E-state index in [0.717, 1.165) is 6.92 Å². The van der Waals surface area contributed by atoms with Gasteiger partial charge in [0.2, 0.25) is 5.41 Å². The molecule has 0 bridgehead atoms. The van der Waals surface area contributed by atoms with Gasteiger partial charge in [-0.05, 0) is 25.7 Å². The Morgan fingerprint density at radius 3 is 2.06 bits per heavy atom. The highest BCUT2D eigenvalue weighted by molar-refractivity contribution is 6.62. The lowest BCUT2D eigenvalue weighted by Gasteiger charge is -2.22. The molecule has 0 amide bonds. The summed E-state index contributed by atoms with van der Waals surface area (Å²) in [7, 11) is 0. The van der Waals surface area contributed by atoms with Crippen LogP contribution in [0.5, 0.6) is 0 Å². The summed E-state index contributed by atoms with van der Waals surface area (Å²) in [5, 5.41) is 9.01. The number of Topliss-reactive ketones (excluding diaryl/α,β-unsaturated/α-hetero) is 1. The van der Waals surface area contributed by atoms with E-state index in [1.807, 2.05) is 0 Å². The Morgan fingerprint density at radius 1 is 1.31 bits per heavy atom. The molecule has 1 aliphatic rings. The maximum absolute atomic E-state index is 11.5. The first-order valence-electron chi connectivity index (χ1n) is 4.49. The van der Waals surface area contributed by atoms with E-state index < -0.39 is 34.5 Å². The topological polar surface area (TPSA) is 97.7 Å². The molecule has 1 fully saturated rings. The fraction of sp³-hybridized carbons (Fsp3) is 0.556. The quantitative estimate of drug-likeness (QED) is 0.452. The first-order valence-corrected chi connectivity index (χ1v) is 4.87. The summed E-state index contributed by atoms with van der Waals surface area (Å²) >= 11 is 4.83. The zero-order chi connectivity index (χ0) is 12.5. The Morgan fingerprint density at radius 2 is 1.81 bits per heavy atom. The average Bonchev–Trinajstić information content (AvgIpc) is 2.85. The van der Waals surface area contributed by atoms with Gasteiger partial charge in [0.25, 0.3) is 0 Å². The van der Waals surface area contributed by atoms with Crippen LogP contribution in [0.2, 0.25) is 0 Å². The molecule has 1 saturated carbocycles. The molecule has 0 heterocycles. The van der Waals surface area contributed by atoms with E-state index in [0.29, 0.717) is 12.8 Å². The van der Waals surface area contributed by atoms with Gasteiger partial charge in [-0.15, -0.1) is 0 Å². The van der Waals surface area contributed by atoms with Crippen LogP contribution in [0.15, 0.2) is 0 Å². The number of esters is 1. The Bertz CT molecular complexity index is 356. The summed E-state index contributed by atoms with van der Waals surface area (Å²) in [5.41, 5.74) is -3.73. The van der Waals surface area contributed by atoms with Crippen LogP contribution >= 0.6 is 11.6 Å². The Kier molecular flexibility index (Phi) is 3.32. The van der Waals surface area contributed by atoms with Gasteiger partial charge in [-0.2, -0.15) is 0 Å². The molecule has 6 nitrogen and oxygen atoms in total. The van der Waals surface area contributed by atoms with Crippen LogP contribution in [0.4, 0.5) is 4.79 Å². The number of rotatable bonds is 4. The molecule has 0 aliphatic heterocycles. The molecule has 1 N–H and O–H groups in total. The van der Waals surface area contributed by atoms with Crippen molar-refractivity contribution >= 4 is 34.8 Å². The third kappa shape index (κ3) is 1.92. The molecule has 0 saturated heterocycles. The van der Waals surface area contributed by atoms with E-state index >= 15 is 0 Å². The van der Waals surface area contributed by atoms with E-state index in [-0.39, 0.29) is 0 Å². The lowest BCUT2D eigenvalue weighted by atomic mass is 9.79. The molecule has 0 aromatic heterocycles. The number of carboxylic acid groups (broad SMARTS) is 1. The number of carbonyl (C=O) groups is 4. The van der Waals surface area contributed by atoms with Crippen LogP contribution < -0.4 is 0 Å². The third-order valence-corrected chi connectivity index (χ3v) is 2.65. The van der Waals surface area contributed by atoms with Crippen LogP contribution in [0.1, 0.15) is 19.8 Å². The molecule has 1 unspecified atom stereocenters. The second-order valence-corrected chi connectivity index (χ2v) is 3.88. The number of carboxylic acids is 1. The first-order chi connectivity index (χ1) is 7.33. The van der Waals surface area contributed by atoms with Crippen molar-refractivity contribution in [2.24, 2.45) is 11.3 Å². The van der Waals surface area contributed by atoms with Crippen LogP contribution in [0.3, 0.4) is 0 Å². The van der Waals surface area contributed by atoms with Crippen molar-refractivity contribution in [3.05, 3.63) is 0 Å². The Hall–Kier alpha value is -1.43. The molecule has 1 aliphatic carbocycles. The predicted octanol–water partition coefficient (Wildman–Crippen LogP) is 0.958. The highest BCUT2D eigenvalue weighted by atomic mass is 35.5. The van der Waals surface area contributed by atoms with Gasteiger partial charge in [-0.3, -0.25) is 9.59 Å². The van der Waals surface area contributed by atoms with Crippen LogP contribution in [0.25, 0.3) is 0 Å². The number of hydrogen-bond acceptors (Lipinski definition) is 5. The van der Waals surface area contributed by atoms with Gasteiger partial charge in [-0.25, -0.2) is 9.59 Å². The molecule has 16 heavy (non-hydrogen) atoms. The minimum absolute atomic E-state index is 0.428. The van der Waals surface area contributed by atoms with Crippen molar-refractivity contribution < 1.29 is 29.0 Å². The van der Waals surface area contributed by atoms with Crippen molar-refractivity contribution in [1.82, 2.24) is 0 Å². The van der Waals surface area contributed by atoms with Crippen molar-refractivity contribution in [2.75, 3.05) is 0 Å². The van der Waals surface area contributed by atoms with E-state index in [9.17, 15) is 19.2 Å². The van der Waals surface area contributed by atoms with Gasteiger partial charge in [0.1, 0.15) is 0 Å². The van der Waals surface area contributed by atoms with Crippen molar-refractivity contribution in [3.63, 3.8) is 0 Å². The molecular formula is C9H9ClO6. The second-order valence-electron chi connectivity index (χ2n) is 3.57. The van der Waals surface area contributed by atoms with Crippen LogP contribution in [0, 0.1) is 11.3 Å². The van der Waals surface area contributed by atoms with E-state index in [2.05, 4.69) is 4.74 Å². The smallest absolute Gasteiger partial charge is 0.411 e. The summed E-state index contributed by atoms with van der Waals surface area (Å²) in [6.45, 7) is 0.979. The van der Waals surface area contributed by atoms with Crippen molar-refractivity contribution in [3.8, 4) is 0 Å². The molecule has 7 heteroatoms. The fourth-order valence-corrected chi connectivity index (χ4v) is 1.75. The number of ether oxygens (including phenoxy) is 1. The monoisotopic (exact) mass is 248 g/mol. The van der Waals surface area contributed by atoms with Crippen LogP contribution in [-0.4, -0.2) is 28.3 Å². The molecule has 1 rings (SSSR count). The number of hydrogen-bond donors (Lipinski definition) is 1. The summed E-state index contributed by atoms with van der Waals surface area (Å²) in [5.74, 6) is -4.49. The number of ketones is 1. The average molecular weight is 249 g/mol. The molecule has 1 atom stereocenters. The van der Waals surface area contributed by atoms with Gasteiger partial charge < -0.3 is 9.84 Å². The van der Waals surface area contributed by atoms with Gasteiger partial charge >= 0.3 is 17.4 Å². The first kappa shape index (κ1) is 12.6. The van der Waals surface area contributed by atoms with Crippen LogP contribution in [-0.2, 0) is 19.1 Å². The number of aliphatic carboxylic acids is 1. The zero-order valence-electron chi connectivity index (χ0n) is 8.36. The Labute approximate surface area is 95.5 Å². The summed E-state index contributed by atoms with van der Waals surface area (Å²) in [4.78, 5) is 44.4. The third-order valence-electron chi connectivity index (χ3n) is 2.58. The largest absolute Gasteiger partial charge is 0.480 e. The van der Waals surface area contributed by atoms with E-state index in [1.54, 1.807) is 0 Å². The van der Waals surface area contributed by atoms with Gasteiger partial charge in [0.15, 0.2) is 5.78 Å². The van der Waals surface area contributed by atoms with Gasteiger partial charge in [-0.1, -0.05) is 0 Å². The molecular weight excluding hydrogens is 240 g/mol. The lowest BCUT2D eigenvalue weighted by molar-refractivity contribution is -0.169. The van der Waals surface area contributed by atoms with Gasteiger partial charge in [0, 0.05) is 11.6 Å². The highest BCUT2D eigenvalue weighted by Gasteiger charge is 2.62. The predicted molar refractivity (Wildman–Crippen MR) is 50.8 cm³/mol. The second kappa shape index (κ2) is 4.21. The van der Waals surface area contributed by atoms with E-state index in [1.165, 1.54) is 0 Å². The zero-order valence-corrected chi connectivity index (χ0v) is 9.11. The highest BCUT2D eigenvalue weighted by Crippen LogP contribution is 2.47. The molecule has 0 aromatic carbocycles. The summed E-state index contributed by atoms with van der Waals surface area (Å²) in [6.07, 6.45) is 0.856. The summed E-state index contributed by atoms with van der Waals surface area (Å²) in [6, 6.07) is 0. The molecule has 0 spiro atoms. The fourth-order valence-electron chi connectivity index (χ4n) is 1.68. The lowest BCUT2D eigenvalue weighted by Crippen LogP contribution is -2.48. The number of carbonyl (C=O) groups excluding carboxylic acids is 3. The molecule has 0 aromatic rings. The van der Waals surface area contributed by atoms with Gasteiger partial charge in [0.05, 0.1) is 0 Å². The van der Waals surface area contributed by atoms with Crippen molar-refractivity contribution in [2.45, 2.75) is 19.8 Å². The van der Waals surface area contributed by atoms with E-state index in [4.69, 9.17) is 16.7 Å². The maximum atomic E-state index is 11.5. The standard InChI is InChI=1S/C9H9ClO6/c1-4(11)9(6(12)13,5-2-3-5)7(14)16-8(10)15/h5H,2-3H2,1H3,(H,12,13). The number of halogens is 1. The normalized spacial score (nSPS) is 18.4. The summed E-state index contributed by atoms with van der Waals surface area (Å²) < 4.78 is 4.03. The minimum atomic E-state index is -2.29.